The van der Waals surface area contributed by atoms with Crippen molar-refractivity contribution in [3.8, 4) is 17.2 Å². The highest BCUT2D eigenvalue weighted by Crippen LogP contribution is 2.47. The van der Waals surface area contributed by atoms with Crippen molar-refractivity contribution >= 4 is 51.3 Å². The fourth-order valence-corrected chi connectivity index (χ4v) is 4.25. The first kappa shape index (κ1) is 23.6. The zero-order chi connectivity index (χ0) is 23.4. The van der Waals surface area contributed by atoms with Gasteiger partial charge in [-0.15, -0.1) is 11.6 Å². The predicted octanol–water partition coefficient (Wildman–Crippen LogP) is 4.28. The van der Waals surface area contributed by atoms with Crippen LogP contribution in [0.25, 0.3) is 6.08 Å². The number of methoxy groups -OCH3 is 2. The standard InChI is InChI=1S/C22H21BrClN3O5/c1-4-11-6-5-7-13-17(12-8-14(23)20(30-3)15(9-12)29-2)18(22(26)31-19(11)13)21(25)27-32-16(28)10-24/h4-9,17-18,26H,1,10H2,2-3H3,(H2,25,27). The molecule has 0 radical (unpaired) electrons. The van der Waals surface area contributed by atoms with E-state index in [-0.39, 0.29) is 17.6 Å². The van der Waals surface area contributed by atoms with E-state index >= 15 is 0 Å². The number of hydrogen-bond donors (Lipinski definition) is 2. The van der Waals surface area contributed by atoms with E-state index < -0.39 is 17.8 Å². The van der Waals surface area contributed by atoms with E-state index in [1.807, 2.05) is 24.3 Å². The number of carbonyl (C=O) groups is 1. The van der Waals surface area contributed by atoms with Crippen LogP contribution in [-0.4, -0.2) is 37.8 Å². The molecule has 2 aromatic rings. The zero-order valence-corrected chi connectivity index (χ0v) is 19.7. The molecule has 0 bridgehead atoms. The Morgan fingerprint density at radius 3 is 2.75 bits per heavy atom. The van der Waals surface area contributed by atoms with Gasteiger partial charge in [0.1, 0.15) is 17.5 Å². The molecule has 0 aromatic heterocycles. The lowest BCUT2D eigenvalue weighted by Gasteiger charge is -2.34. The van der Waals surface area contributed by atoms with Gasteiger partial charge in [-0.25, -0.2) is 4.79 Å². The van der Waals surface area contributed by atoms with Crippen molar-refractivity contribution in [2.45, 2.75) is 5.92 Å². The Morgan fingerprint density at radius 2 is 2.12 bits per heavy atom. The number of ether oxygens (including phenoxy) is 3. The van der Waals surface area contributed by atoms with Gasteiger partial charge in [0, 0.05) is 17.0 Å². The minimum atomic E-state index is -0.865. The first-order chi connectivity index (χ1) is 15.4. The smallest absolute Gasteiger partial charge is 0.349 e. The van der Waals surface area contributed by atoms with E-state index in [4.69, 9.17) is 41.8 Å². The van der Waals surface area contributed by atoms with E-state index in [1.165, 1.54) is 14.2 Å². The molecule has 0 amide bonds. The second kappa shape index (κ2) is 10.1. The third-order valence-corrected chi connectivity index (χ3v) is 5.76. The Morgan fingerprint density at radius 1 is 1.38 bits per heavy atom. The molecule has 3 rings (SSSR count). The van der Waals surface area contributed by atoms with Crippen molar-refractivity contribution in [2.75, 3.05) is 20.1 Å². The van der Waals surface area contributed by atoms with Gasteiger partial charge in [0.05, 0.1) is 18.7 Å². The minimum Gasteiger partial charge on any atom is -0.493 e. The van der Waals surface area contributed by atoms with Crippen LogP contribution in [0.15, 0.2) is 46.5 Å². The normalized spacial score (nSPS) is 17.8. The van der Waals surface area contributed by atoms with Crippen LogP contribution in [0.3, 0.4) is 0 Å². The third-order valence-electron chi connectivity index (χ3n) is 4.95. The highest BCUT2D eigenvalue weighted by atomic mass is 79.9. The molecule has 0 fully saturated rings. The molecule has 2 unspecified atom stereocenters. The molecule has 2 atom stereocenters. The Labute approximate surface area is 198 Å². The monoisotopic (exact) mass is 521 g/mol. The van der Waals surface area contributed by atoms with Crippen molar-refractivity contribution in [3.63, 3.8) is 0 Å². The summed E-state index contributed by atoms with van der Waals surface area (Å²) in [5.41, 5.74) is 8.41. The number of alkyl halides is 1. The minimum absolute atomic E-state index is 0.112. The van der Waals surface area contributed by atoms with Crippen LogP contribution in [0.4, 0.5) is 0 Å². The molecular weight excluding hydrogens is 502 g/mol. The van der Waals surface area contributed by atoms with Crippen LogP contribution in [0.1, 0.15) is 22.6 Å². The number of oxime groups is 1. The third kappa shape index (κ3) is 4.44. The molecule has 0 saturated heterocycles. The Bertz CT molecular complexity index is 1110. The van der Waals surface area contributed by atoms with Crippen molar-refractivity contribution in [2.24, 2.45) is 16.8 Å². The number of nitrogens with two attached hydrogens (primary N) is 1. The number of fused-ring (bicyclic) bond motifs is 1. The number of rotatable bonds is 7. The summed E-state index contributed by atoms with van der Waals surface area (Å²) in [4.78, 5) is 16.2. The van der Waals surface area contributed by atoms with Crippen LogP contribution in [-0.2, 0) is 9.63 Å². The van der Waals surface area contributed by atoms with Gasteiger partial charge in [-0.2, -0.15) is 0 Å². The second-order valence-corrected chi connectivity index (χ2v) is 7.86. The Balaban J connectivity index is 2.24. The highest BCUT2D eigenvalue weighted by molar-refractivity contribution is 9.10. The maximum atomic E-state index is 11.5. The van der Waals surface area contributed by atoms with Crippen LogP contribution < -0.4 is 19.9 Å². The van der Waals surface area contributed by atoms with Gasteiger partial charge in [0.25, 0.3) is 0 Å². The van der Waals surface area contributed by atoms with Gasteiger partial charge >= 0.3 is 5.97 Å². The molecule has 0 saturated carbocycles. The predicted molar refractivity (Wildman–Crippen MR) is 126 cm³/mol. The first-order valence-corrected chi connectivity index (χ1v) is 10.7. The van der Waals surface area contributed by atoms with Gasteiger partial charge in [0.2, 0.25) is 0 Å². The lowest BCUT2D eigenvalue weighted by molar-refractivity contribution is -0.140. The van der Waals surface area contributed by atoms with Gasteiger partial charge in [-0.1, -0.05) is 36.0 Å². The lowest BCUT2D eigenvalue weighted by Crippen LogP contribution is -2.41. The molecule has 10 heteroatoms. The molecular formula is C22H21BrClN3O5. The molecule has 1 aliphatic heterocycles. The van der Waals surface area contributed by atoms with Crippen LogP contribution in [0, 0.1) is 11.3 Å². The average Bonchev–Trinajstić information content (AvgIpc) is 2.80. The van der Waals surface area contributed by atoms with Crippen molar-refractivity contribution in [3.05, 3.63) is 58.1 Å². The molecule has 0 aliphatic carbocycles. The topological polar surface area (TPSA) is 116 Å². The number of hydrogen-bond acceptors (Lipinski definition) is 7. The maximum absolute atomic E-state index is 11.5. The quantitative estimate of drug-likeness (QED) is 0.184. The number of benzene rings is 2. The molecule has 1 heterocycles. The van der Waals surface area contributed by atoms with E-state index in [2.05, 4.69) is 27.7 Å². The summed E-state index contributed by atoms with van der Waals surface area (Å²) in [6, 6.07) is 9.20. The number of halogens is 2. The van der Waals surface area contributed by atoms with Crippen molar-refractivity contribution in [1.82, 2.24) is 0 Å². The maximum Gasteiger partial charge on any atom is 0.349 e. The summed E-state index contributed by atoms with van der Waals surface area (Å²) >= 11 is 8.98. The van der Waals surface area contributed by atoms with E-state index in [1.54, 1.807) is 12.1 Å². The van der Waals surface area contributed by atoms with Crippen LogP contribution in [0.5, 0.6) is 17.2 Å². The number of nitrogens with zero attached hydrogens (tertiary/aromatic N) is 1. The molecule has 168 valence electrons. The number of carbonyl (C=O) groups excluding carboxylic acids is 1. The van der Waals surface area contributed by atoms with E-state index in [9.17, 15) is 4.79 Å². The molecule has 1 aliphatic rings. The number of nitrogens with one attached hydrogen (secondary N) is 1. The summed E-state index contributed by atoms with van der Waals surface area (Å²) in [6.07, 6.45) is 1.65. The SMILES string of the molecule is C=Cc1cccc2c1OC(=N)C(C(N)=NOC(=O)CCl)C2c1cc(Br)c(OC)c(OC)c1. The first-order valence-electron chi connectivity index (χ1n) is 9.38. The van der Waals surface area contributed by atoms with E-state index in [0.717, 1.165) is 16.7 Å². The fourth-order valence-electron chi connectivity index (χ4n) is 3.58. The largest absolute Gasteiger partial charge is 0.493 e. The molecule has 2 aromatic carbocycles. The average molecular weight is 523 g/mol. The summed E-state index contributed by atoms with van der Waals surface area (Å²) in [6.45, 7) is 3.83. The molecule has 3 N–H and O–H groups in total. The van der Waals surface area contributed by atoms with Crippen LogP contribution >= 0.6 is 27.5 Å². The highest BCUT2D eigenvalue weighted by Gasteiger charge is 2.41. The summed E-state index contributed by atoms with van der Waals surface area (Å²) in [5, 5.41) is 12.3. The Hall–Kier alpha value is -3.04. The molecule has 32 heavy (non-hydrogen) atoms. The van der Waals surface area contributed by atoms with Gasteiger partial charge in [-0.05, 0) is 33.6 Å². The Kier molecular flexibility index (Phi) is 7.42. The van der Waals surface area contributed by atoms with Gasteiger partial charge in [-0.3, -0.25) is 5.41 Å². The molecule has 0 spiro atoms. The van der Waals surface area contributed by atoms with Gasteiger partial charge < -0.3 is 24.8 Å². The van der Waals surface area contributed by atoms with Crippen LogP contribution in [0.2, 0.25) is 0 Å². The van der Waals surface area contributed by atoms with Gasteiger partial charge in [0.15, 0.2) is 23.2 Å². The lowest BCUT2D eigenvalue weighted by atomic mass is 9.77. The zero-order valence-electron chi connectivity index (χ0n) is 17.4. The van der Waals surface area contributed by atoms with Crippen molar-refractivity contribution < 1.29 is 23.8 Å². The molecule has 8 nitrogen and oxygen atoms in total. The second-order valence-electron chi connectivity index (χ2n) is 6.74. The van der Waals surface area contributed by atoms with Crippen molar-refractivity contribution in [1.29, 1.82) is 5.41 Å². The summed E-state index contributed by atoms with van der Waals surface area (Å²) in [5.74, 6) is -1.30. The summed E-state index contributed by atoms with van der Waals surface area (Å²) in [7, 11) is 3.07. The van der Waals surface area contributed by atoms with E-state index in [0.29, 0.717) is 21.7 Å². The fraction of sp³-hybridized carbons (Fsp3) is 0.227. The number of amidine groups is 1. The summed E-state index contributed by atoms with van der Waals surface area (Å²) < 4.78 is 17.4. The number of para-hydroxylation sites is 1.